The molecule has 0 aliphatic rings. The standard InChI is InChI=1S/C15H17Cl2N3O2/c1-10-7-11(2)20(19-10)6-5-18-15(21)9-22-14-4-3-12(16)8-13(14)17/h3-4,7-8H,5-6,9H2,1-2H3,(H,18,21). The first-order valence-corrected chi connectivity index (χ1v) is 7.57. The van der Waals surface area contributed by atoms with Crippen LogP contribution in [0.2, 0.25) is 10.0 Å². The largest absolute Gasteiger partial charge is 0.482 e. The van der Waals surface area contributed by atoms with Crippen LogP contribution in [0.25, 0.3) is 0 Å². The van der Waals surface area contributed by atoms with Crippen LogP contribution in [-0.4, -0.2) is 28.8 Å². The third-order valence-electron chi connectivity index (χ3n) is 3.00. The molecule has 1 aromatic heterocycles. The second kappa shape index (κ2) is 7.51. The molecule has 2 aromatic rings. The molecule has 5 nitrogen and oxygen atoms in total. The molecule has 118 valence electrons. The smallest absolute Gasteiger partial charge is 0.258 e. The highest BCUT2D eigenvalue weighted by Gasteiger charge is 2.07. The lowest BCUT2D eigenvalue weighted by atomic mass is 10.3. The number of halogens is 2. The maximum atomic E-state index is 11.7. The number of nitrogens with one attached hydrogen (secondary N) is 1. The minimum Gasteiger partial charge on any atom is -0.482 e. The molecule has 0 aliphatic carbocycles. The van der Waals surface area contributed by atoms with Gasteiger partial charge < -0.3 is 10.1 Å². The zero-order chi connectivity index (χ0) is 16.1. The summed E-state index contributed by atoms with van der Waals surface area (Å²) < 4.78 is 7.21. The predicted molar refractivity (Wildman–Crippen MR) is 86.7 cm³/mol. The van der Waals surface area contributed by atoms with Gasteiger partial charge in [0, 0.05) is 17.3 Å². The van der Waals surface area contributed by atoms with Gasteiger partial charge in [-0.3, -0.25) is 9.48 Å². The number of aromatic nitrogens is 2. The SMILES string of the molecule is Cc1cc(C)n(CCNC(=O)COc2ccc(Cl)cc2Cl)n1. The van der Waals surface area contributed by atoms with Gasteiger partial charge in [-0.1, -0.05) is 23.2 Å². The summed E-state index contributed by atoms with van der Waals surface area (Å²) in [4.78, 5) is 11.7. The molecule has 1 amide bonds. The molecule has 22 heavy (non-hydrogen) atoms. The van der Waals surface area contributed by atoms with E-state index in [0.29, 0.717) is 28.9 Å². The van der Waals surface area contributed by atoms with Crippen molar-refractivity contribution in [1.82, 2.24) is 15.1 Å². The normalized spacial score (nSPS) is 10.5. The third-order valence-corrected chi connectivity index (χ3v) is 3.53. The van der Waals surface area contributed by atoms with Crippen molar-refractivity contribution in [3.05, 3.63) is 45.7 Å². The van der Waals surface area contributed by atoms with E-state index in [1.165, 1.54) is 0 Å². The van der Waals surface area contributed by atoms with Crippen LogP contribution in [0, 0.1) is 13.8 Å². The van der Waals surface area contributed by atoms with E-state index in [4.69, 9.17) is 27.9 Å². The highest BCUT2D eigenvalue weighted by Crippen LogP contribution is 2.27. The molecule has 2 rings (SSSR count). The summed E-state index contributed by atoms with van der Waals surface area (Å²) in [5.41, 5.74) is 2.03. The molecule has 1 heterocycles. The summed E-state index contributed by atoms with van der Waals surface area (Å²) in [5.74, 6) is 0.215. The lowest BCUT2D eigenvalue weighted by Gasteiger charge is -2.09. The number of aryl methyl sites for hydroxylation is 2. The van der Waals surface area contributed by atoms with Crippen LogP contribution >= 0.6 is 23.2 Å². The summed E-state index contributed by atoms with van der Waals surface area (Å²) in [7, 11) is 0. The van der Waals surface area contributed by atoms with Crippen LogP contribution in [0.4, 0.5) is 0 Å². The molecule has 1 N–H and O–H groups in total. The molecule has 0 aliphatic heterocycles. The van der Waals surface area contributed by atoms with Gasteiger partial charge in [0.2, 0.25) is 0 Å². The number of ether oxygens (including phenoxy) is 1. The minimum absolute atomic E-state index is 0.0987. The summed E-state index contributed by atoms with van der Waals surface area (Å²) in [6, 6.07) is 6.85. The van der Waals surface area contributed by atoms with Crippen molar-refractivity contribution < 1.29 is 9.53 Å². The molecule has 0 atom stereocenters. The van der Waals surface area contributed by atoms with Crippen LogP contribution in [0.3, 0.4) is 0 Å². The fourth-order valence-corrected chi connectivity index (χ4v) is 2.45. The Bertz CT molecular complexity index is 671. The quantitative estimate of drug-likeness (QED) is 0.878. The predicted octanol–water partition coefficient (Wildman–Crippen LogP) is 3.00. The number of carbonyl (C=O) groups excluding carboxylic acids is 1. The Kier molecular flexibility index (Phi) is 5.69. The third kappa shape index (κ3) is 4.64. The van der Waals surface area contributed by atoms with Gasteiger partial charge in [-0.2, -0.15) is 5.10 Å². The molecule has 0 radical (unpaired) electrons. The molecular weight excluding hydrogens is 325 g/mol. The Balaban J connectivity index is 1.75. The van der Waals surface area contributed by atoms with Crippen molar-refractivity contribution >= 4 is 29.1 Å². The Morgan fingerprint density at radius 3 is 2.73 bits per heavy atom. The molecule has 0 spiro atoms. The zero-order valence-corrected chi connectivity index (χ0v) is 13.9. The Morgan fingerprint density at radius 1 is 1.32 bits per heavy atom. The fraction of sp³-hybridized carbons (Fsp3) is 0.333. The van der Waals surface area contributed by atoms with Crippen molar-refractivity contribution in [2.24, 2.45) is 0 Å². The number of hydrogen-bond donors (Lipinski definition) is 1. The number of hydrogen-bond acceptors (Lipinski definition) is 3. The number of benzene rings is 1. The molecule has 1 aromatic carbocycles. The number of rotatable bonds is 6. The first kappa shape index (κ1) is 16.6. The van der Waals surface area contributed by atoms with Crippen molar-refractivity contribution in [3.63, 3.8) is 0 Å². The van der Waals surface area contributed by atoms with Crippen molar-refractivity contribution in [1.29, 1.82) is 0 Å². The molecule has 7 heteroatoms. The molecule has 0 fully saturated rings. The second-order valence-electron chi connectivity index (χ2n) is 4.86. The van der Waals surface area contributed by atoms with E-state index in [0.717, 1.165) is 11.4 Å². The van der Waals surface area contributed by atoms with Gasteiger partial charge in [0.05, 0.1) is 17.3 Å². The van der Waals surface area contributed by atoms with Gasteiger partial charge in [0.1, 0.15) is 5.75 Å². The molecule has 0 saturated heterocycles. The summed E-state index contributed by atoms with van der Waals surface area (Å²) in [6.45, 7) is 4.92. The van der Waals surface area contributed by atoms with E-state index >= 15 is 0 Å². The van der Waals surface area contributed by atoms with Crippen molar-refractivity contribution in [2.75, 3.05) is 13.2 Å². The average molecular weight is 342 g/mol. The molecular formula is C15H17Cl2N3O2. The Hall–Kier alpha value is -1.72. The zero-order valence-electron chi connectivity index (χ0n) is 12.4. The lowest BCUT2D eigenvalue weighted by molar-refractivity contribution is -0.123. The number of nitrogens with zero attached hydrogens (tertiary/aromatic N) is 2. The van der Waals surface area contributed by atoms with Crippen molar-refractivity contribution in [2.45, 2.75) is 20.4 Å². The second-order valence-corrected chi connectivity index (χ2v) is 5.71. The highest BCUT2D eigenvalue weighted by atomic mass is 35.5. The average Bonchev–Trinajstić information content (AvgIpc) is 2.76. The fourth-order valence-electron chi connectivity index (χ4n) is 1.99. The summed E-state index contributed by atoms with van der Waals surface area (Å²) in [5, 5.41) is 8.00. The van der Waals surface area contributed by atoms with Crippen LogP contribution in [0.15, 0.2) is 24.3 Å². The topological polar surface area (TPSA) is 56.2 Å². The minimum atomic E-state index is -0.215. The van der Waals surface area contributed by atoms with E-state index < -0.39 is 0 Å². The maximum absolute atomic E-state index is 11.7. The van der Waals surface area contributed by atoms with Gasteiger partial charge in [0.25, 0.3) is 5.91 Å². The van der Waals surface area contributed by atoms with Gasteiger partial charge in [0.15, 0.2) is 6.61 Å². The van der Waals surface area contributed by atoms with E-state index in [2.05, 4.69) is 10.4 Å². The van der Waals surface area contributed by atoms with Gasteiger partial charge in [-0.15, -0.1) is 0 Å². The van der Waals surface area contributed by atoms with Crippen LogP contribution < -0.4 is 10.1 Å². The van der Waals surface area contributed by atoms with Crippen LogP contribution in [0.1, 0.15) is 11.4 Å². The van der Waals surface area contributed by atoms with Crippen LogP contribution in [0.5, 0.6) is 5.75 Å². The van der Waals surface area contributed by atoms with E-state index in [9.17, 15) is 4.79 Å². The molecule has 0 saturated carbocycles. The van der Waals surface area contributed by atoms with Gasteiger partial charge in [-0.25, -0.2) is 0 Å². The number of carbonyl (C=O) groups is 1. The first-order chi connectivity index (χ1) is 10.5. The maximum Gasteiger partial charge on any atom is 0.258 e. The van der Waals surface area contributed by atoms with Gasteiger partial charge in [-0.05, 0) is 38.1 Å². The molecule has 0 bridgehead atoms. The Labute approximate surface area is 139 Å². The number of amides is 1. The lowest BCUT2D eigenvalue weighted by Crippen LogP contribution is -2.32. The van der Waals surface area contributed by atoms with Gasteiger partial charge >= 0.3 is 0 Å². The van der Waals surface area contributed by atoms with Crippen molar-refractivity contribution in [3.8, 4) is 5.75 Å². The van der Waals surface area contributed by atoms with Crippen LogP contribution in [-0.2, 0) is 11.3 Å². The summed E-state index contributed by atoms with van der Waals surface area (Å²) >= 11 is 11.8. The van der Waals surface area contributed by atoms with E-state index in [1.807, 2.05) is 24.6 Å². The molecule has 0 unspecified atom stereocenters. The summed E-state index contributed by atoms with van der Waals surface area (Å²) in [6.07, 6.45) is 0. The Morgan fingerprint density at radius 2 is 2.09 bits per heavy atom. The van der Waals surface area contributed by atoms with E-state index in [-0.39, 0.29) is 12.5 Å². The first-order valence-electron chi connectivity index (χ1n) is 6.81. The van der Waals surface area contributed by atoms with E-state index in [1.54, 1.807) is 18.2 Å². The monoisotopic (exact) mass is 341 g/mol. The highest BCUT2D eigenvalue weighted by molar-refractivity contribution is 6.35.